The van der Waals surface area contributed by atoms with E-state index in [1.54, 1.807) is 13.0 Å². The Hall–Kier alpha value is -1.03. The number of carbonyl (C=O) groups excluding carboxylic acids is 1. The van der Waals surface area contributed by atoms with Crippen LogP contribution < -0.4 is 5.32 Å². The molecule has 0 atom stereocenters. The molecular weight excluding hydrogens is 216 g/mol. The molecular formula is C10H15ClN2O2. The van der Waals surface area contributed by atoms with Gasteiger partial charge in [-0.05, 0) is 27.2 Å². The number of nitrogens with zero attached hydrogens (tertiary/aromatic N) is 1. The largest absolute Gasteiger partial charge is 0.361 e. The van der Waals surface area contributed by atoms with Crippen LogP contribution in [0, 0.1) is 6.92 Å². The van der Waals surface area contributed by atoms with Crippen LogP contribution in [0.2, 0.25) is 0 Å². The number of carbonyl (C=O) groups is 1. The maximum absolute atomic E-state index is 11.7. The Morgan fingerprint density at radius 3 is 2.80 bits per heavy atom. The SMILES string of the molecule is Cc1cc(C(=O)NC(C)(C)CCCl)no1. The fraction of sp³-hybridized carbons (Fsp3) is 0.600. The lowest BCUT2D eigenvalue weighted by Gasteiger charge is -2.24. The van der Waals surface area contributed by atoms with E-state index in [2.05, 4.69) is 10.5 Å². The van der Waals surface area contributed by atoms with E-state index < -0.39 is 0 Å². The van der Waals surface area contributed by atoms with Crippen LogP contribution in [0.15, 0.2) is 10.6 Å². The molecule has 4 nitrogen and oxygen atoms in total. The number of hydrogen-bond acceptors (Lipinski definition) is 3. The zero-order valence-corrected chi connectivity index (χ0v) is 9.89. The molecule has 0 aliphatic heterocycles. The van der Waals surface area contributed by atoms with Gasteiger partial charge in [0.05, 0.1) is 0 Å². The lowest BCUT2D eigenvalue weighted by Crippen LogP contribution is -2.43. The van der Waals surface area contributed by atoms with Gasteiger partial charge in [-0.3, -0.25) is 4.79 Å². The Bertz CT molecular complexity index is 347. The van der Waals surface area contributed by atoms with Gasteiger partial charge >= 0.3 is 0 Å². The zero-order valence-electron chi connectivity index (χ0n) is 9.13. The summed E-state index contributed by atoms with van der Waals surface area (Å²) >= 11 is 5.63. The van der Waals surface area contributed by atoms with Crippen molar-refractivity contribution in [3.8, 4) is 0 Å². The molecule has 84 valence electrons. The zero-order chi connectivity index (χ0) is 11.5. The van der Waals surface area contributed by atoms with Gasteiger partial charge in [0.15, 0.2) is 5.69 Å². The fourth-order valence-corrected chi connectivity index (χ4v) is 1.62. The van der Waals surface area contributed by atoms with Gasteiger partial charge in [0.1, 0.15) is 5.76 Å². The molecule has 0 bridgehead atoms. The first kappa shape index (κ1) is 12.0. The molecule has 5 heteroatoms. The molecule has 0 spiro atoms. The van der Waals surface area contributed by atoms with Crippen LogP contribution in [0.4, 0.5) is 0 Å². The van der Waals surface area contributed by atoms with Crippen LogP contribution in [-0.2, 0) is 0 Å². The van der Waals surface area contributed by atoms with Crippen molar-refractivity contribution < 1.29 is 9.32 Å². The highest BCUT2D eigenvalue weighted by molar-refractivity contribution is 6.17. The fourth-order valence-electron chi connectivity index (χ4n) is 1.14. The first-order valence-electron chi connectivity index (χ1n) is 4.76. The smallest absolute Gasteiger partial charge is 0.273 e. The second-order valence-electron chi connectivity index (χ2n) is 4.10. The van der Waals surface area contributed by atoms with Crippen LogP contribution in [-0.4, -0.2) is 22.5 Å². The van der Waals surface area contributed by atoms with Gasteiger partial charge in [-0.25, -0.2) is 0 Å². The summed E-state index contributed by atoms with van der Waals surface area (Å²) < 4.78 is 4.82. The van der Waals surface area contributed by atoms with Crippen molar-refractivity contribution in [1.29, 1.82) is 0 Å². The van der Waals surface area contributed by atoms with Gasteiger partial charge in [-0.15, -0.1) is 11.6 Å². The minimum Gasteiger partial charge on any atom is -0.361 e. The van der Waals surface area contributed by atoms with E-state index in [1.165, 1.54) is 0 Å². The number of aryl methyl sites for hydroxylation is 1. The van der Waals surface area contributed by atoms with Gasteiger partial charge in [0.25, 0.3) is 5.91 Å². The number of halogens is 1. The van der Waals surface area contributed by atoms with Crippen LogP contribution in [0.25, 0.3) is 0 Å². The van der Waals surface area contributed by atoms with Gasteiger partial charge in [0, 0.05) is 17.5 Å². The van der Waals surface area contributed by atoms with Crippen LogP contribution in [0.1, 0.15) is 36.5 Å². The average Bonchev–Trinajstić information content (AvgIpc) is 2.50. The van der Waals surface area contributed by atoms with Gasteiger partial charge in [0.2, 0.25) is 0 Å². The minimum atomic E-state index is -0.328. The number of amides is 1. The van der Waals surface area contributed by atoms with Crippen molar-refractivity contribution in [2.24, 2.45) is 0 Å². The van der Waals surface area contributed by atoms with Crippen LogP contribution in [0.3, 0.4) is 0 Å². The van der Waals surface area contributed by atoms with Crippen molar-refractivity contribution in [3.05, 3.63) is 17.5 Å². The summed E-state index contributed by atoms with van der Waals surface area (Å²) in [4.78, 5) is 11.7. The van der Waals surface area contributed by atoms with Crippen LogP contribution >= 0.6 is 11.6 Å². The summed E-state index contributed by atoms with van der Waals surface area (Å²) in [6.45, 7) is 5.58. The van der Waals surface area contributed by atoms with Gasteiger partial charge in [-0.2, -0.15) is 0 Å². The summed E-state index contributed by atoms with van der Waals surface area (Å²) in [6.07, 6.45) is 0.705. The summed E-state index contributed by atoms with van der Waals surface area (Å²) in [5, 5.41) is 6.48. The predicted octanol–water partition coefficient (Wildman–Crippen LogP) is 2.12. The molecule has 0 saturated carbocycles. The summed E-state index contributed by atoms with van der Waals surface area (Å²) in [7, 11) is 0. The monoisotopic (exact) mass is 230 g/mol. The normalized spacial score (nSPS) is 11.5. The third-order valence-electron chi connectivity index (χ3n) is 2.03. The molecule has 1 heterocycles. The molecule has 0 aromatic carbocycles. The second-order valence-corrected chi connectivity index (χ2v) is 4.48. The number of rotatable bonds is 4. The lowest BCUT2D eigenvalue weighted by molar-refractivity contribution is 0.0902. The highest BCUT2D eigenvalue weighted by Gasteiger charge is 2.22. The van der Waals surface area contributed by atoms with Crippen molar-refractivity contribution in [2.75, 3.05) is 5.88 Å². The molecule has 0 radical (unpaired) electrons. The maximum Gasteiger partial charge on any atom is 0.273 e. The topological polar surface area (TPSA) is 55.1 Å². The van der Waals surface area contributed by atoms with Crippen LogP contribution in [0.5, 0.6) is 0 Å². The predicted molar refractivity (Wildman–Crippen MR) is 58.1 cm³/mol. The van der Waals surface area contributed by atoms with E-state index in [4.69, 9.17) is 16.1 Å². The second kappa shape index (κ2) is 4.66. The van der Waals surface area contributed by atoms with E-state index in [1.807, 2.05) is 13.8 Å². The Balaban J connectivity index is 2.63. The molecule has 0 saturated heterocycles. The maximum atomic E-state index is 11.7. The Kier molecular flexibility index (Phi) is 3.74. The highest BCUT2D eigenvalue weighted by atomic mass is 35.5. The summed E-state index contributed by atoms with van der Waals surface area (Å²) in [5.74, 6) is 0.891. The van der Waals surface area contributed by atoms with Crippen molar-refractivity contribution >= 4 is 17.5 Å². The standard InChI is InChI=1S/C10H15ClN2O2/c1-7-6-8(13-15-7)9(14)12-10(2,3)4-5-11/h6H,4-5H2,1-3H3,(H,12,14). The molecule has 1 N–H and O–H groups in total. The molecule has 1 amide bonds. The highest BCUT2D eigenvalue weighted by Crippen LogP contribution is 2.11. The molecule has 1 rings (SSSR count). The molecule has 0 aliphatic carbocycles. The Morgan fingerprint density at radius 1 is 1.67 bits per heavy atom. The number of alkyl halides is 1. The summed E-state index contributed by atoms with van der Waals surface area (Å²) in [5.41, 5.74) is -0.0266. The van der Waals surface area contributed by atoms with Crippen molar-refractivity contribution in [3.63, 3.8) is 0 Å². The quantitative estimate of drug-likeness (QED) is 0.807. The first-order valence-corrected chi connectivity index (χ1v) is 5.30. The Morgan fingerprint density at radius 2 is 2.33 bits per heavy atom. The third kappa shape index (κ3) is 3.55. The van der Waals surface area contributed by atoms with E-state index in [9.17, 15) is 4.79 Å². The molecule has 1 aromatic heterocycles. The van der Waals surface area contributed by atoms with Crippen molar-refractivity contribution in [2.45, 2.75) is 32.7 Å². The van der Waals surface area contributed by atoms with E-state index in [0.717, 1.165) is 0 Å². The van der Waals surface area contributed by atoms with Crippen molar-refractivity contribution in [1.82, 2.24) is 10.5 Å². The summed E-state index contributed by atoms with van der Waals surface area (Å²) in [6, 6.07) is 1.60. The minimum absolute atomic E-state index is 0.234. The van der Waals surface area contributed by atoms with E-state index in [0.29, 0.717) is 23.8 Å². The molecule has 15 heavy (non-hydrogen) atoms. The number of nitrogens with one attached hydrogen (secondary N) is 1. The molecule has 0 fully saturated rings. The van der Waals surface area contributed by atoms with E-state index >= 15 is 0 Å². The van der Waals surface area contributed by atoms with Gasteiger partial charge in [-0.1, -0.05) is 5.16 Å². The molecule has 0 unspecified atom stereocenters. The van der Waals surface area contributed by atoms with E-state index in [-0.39, 0.29) is 11.4 Å². The average molecular weight is 231 g/mol. The molecule has 0 aliphatic rings. The number of aromatic nitrogens is 1. The molecule has 1 aromatic rings. The van der Waals surface area contributed by atoms with Gasteiger partial charge < -0.3 is 9.84 Å². The Labute approximate surface area is 94.0 Å². The first-order chi connectivity index (χ1) is 6.94. The lowest BCUT2D eigenvalue weighted by atomic mass is 10.0. The number of hydrogen-bond donors (Lipinski definition) is 1. The third-order valence-corrected chi connectivity index (χ3v) is 2.22.